The van der Waals surface area contributed by atoms with Gasteiger partial charge in [0, 0.05) is 11.8 Å². The van der Waals surface area contributed by atoms with Gasteiger partial charge in [-0.25, -0.2) is 9.37 Å². The van der Waals surface area contributed by atoms with E-state index >= 15 is 0 Å². The van der Waals surface area contributed by atoms with E-state index in [0.29, 0.717) is 33.5 Å². The SMILES string of the molecule is COc1cccc(NC(=O)c2c(Oc3ccc(F)cc3)nc(C)c(Cl)c2C)c1. The van der Waals surface area contributed by atoms with Crippen molar-refractivity contribution in [1.29, 1.82) is 0 Å². The van der Waals surface area contributed by atoms with E-state index in [4.69, 9.17) is 21.1 Å². The molecule has 7 heteroatoms. The van der Waals surface area contributed by atoms with Crippen LogP contribution in [0.15, 0.2) is 48.5 Å². The molecule has 0 aliphatic heterocycles. The Morgan fingerprint density at radius 1 is 1.11 bits per heavy atom. The summed E-state index contributed by atoms with van der Waals surface area (Å²) in [5.41, 5.74) is 1.80. The molecule has 0 aliphatic rings. The second-order valence-corrected chi connectivity index (χ2v) is 6.44. The van der Waals surface area contributed by atoms with Gasteiger partial charge in [0.25, 0.3) is 5.91 Å². The largest absolute Gasteiger partial charge is 0.497 e. The molecule has 1 amide bonds. The average Bonchev–Trinajstić information content (AvgIpc) is 2.68. The van der Waals surface area contributed by atoms with Crippen molar-refractivity contribution in [3.63, 3.8) is 0 Å². The van der Waals surface area contributed by atoms with Gasteiger partial charge in [-0.1, -0.05) is 17.7 Å². The number of nitrogens with one attached hydrogen (secondary N) is 1. The van der Waals surface area contributed by atoms with E-state index in [2.05, 4.69) is 10.3 Å². The topological polar surface area (TPSA) is 60.5 Å². The number of nitrogens with zero attached hydrogens (tertiary/aromatic N) is 1. The number of pyridine rings is 1. The molecule has 1 heterocycles. The van der Waals surface area contributed by atoms with Gasteiger partial charge in [-0.05, 0) is 55.8 Å². The lowest BCUT2D eigenvalue weighted by atomic mass is 10.1. The summed E-state index contributed by atoms with van der Waals surface area (Å²) in [7, 11) is 1.55. The minimum atomic E-state index is -0.433. The number of amides is 1. The van der Waals surface area contributed by atoms with Gasteiger partial charge in [0.15, 0.2) is 0 Å². The highest BCUT2D eigenvalue weighted by molar-refractivity contribution is 6.32. The lowest BCUT2D eigenvalue weighted by Gasteiger charge is -2.15. The van der Waals surface area contributed by atoms with Crippen LogP contribution in [0, 0.1) is 19.7 Å². The molecule has 0 atom stereocenters. The zero-order chi connectivity index (χ0) is 20.3. The lowest BCUT2D eigenvalue weighted by molar-refractivity contribution is 0.102. The van der Waals surface area contributed by atoms with Crippen molar-refractivity contribution in [3.05, 3.63) is 76.2 Å². The van der Waals surface area contributed by atoms with Crippen molar-refractivity contribution in [1.82, 2.24) is 4.98 Å². The third-order valence-corrected chi connectivity index (χ3v) is 4.64. The van der Waals surface area contributed by atoms with E-state index in [1.54, 1.807) is 45.2 Å². The van der Waals surface area contributed by atoms with Crippen molar-refractivity contribution in [2.45, 2.75) is 13.8 Å². The van der Waals surface area contributed by atoms with Gasteiger partial charge in [0.2, 0.25) is 5.88 Å². The van der Waals surface area contributed by atoms with Gasteiger partial charge < -0.3 is 14.8 Å². The number of carbonyl (C=O) groups is 1. The number of rotatable bonds is 5. The molecule has 28 heavy (non-hydrogen) atoms. The molecule has 0 unspecified atom stereocenters. The maximum Gasteiger partial charge on any atom is 0.261 e. The Balaban J connectivity index is 1.98. The van der Waals surface area contributed by atoms with Crippen LogP contribution in [0.2, 0.25) is 5.02 Å². The fraction of sp³-hybridized carbons (Fsp3) is 0.143. The molecule has 2 aromatic carbocycles. The number of hydrogen-bond donors (Lipinski definition) is 1. The Labute approximate surface area is 167 Å². The minimum Gasteiger partial charge on any atom is -0.497 e. The van der Waals surface area contributed by atoms with E-state index in [0.717, 1.165) is 0 Å². The molecule has 1 aromatic heterocycles. The molecule has 0 saturated heterocycles. The highest BCUT2D eigenvalue weighted by atomic mass is 35.5. The minimum absolute atomic E-state index is 0.0893. The summed E-state index contributed by atoms with van der Waals surface area (Å²) in [4.78, 5) is 17.3. The van der Waals surface area contributed by atoms with Crippen molar-refractivity contribution < 1.29 is 18.7 Å². The van der Waals surface area contributed by atoms with Crippen LogP contribution in [0.4, 0.5) is 10.1 Å². The second-order valence-electron chi connectivity index (χ2n) is 6.06. The first-order chi connectivity index (χ1) is 13.4. The van der Waals surface area contributed by atoms with Crippen LogP contribution in [-0.2, 0) is 0 Å². The number of aromatic nitrogens is 1. The number of aryl methyl sites for hydroxylation is 1. The van der Waals surface area contributed by atoms with Crippen LogP contribution in [0.25, 0.3) is 0 Å². The van der Waals surface area contributed by atoms with Crippen LogP contribution in [0.5, 0.6) is 17.4 Å². The molecule has 144 valence electrons. The summed E-state index contributed by atoms with van der Waals surface area (Å²) < 4.78 is 24.1. The van der Waals surface area contributed by atoms with E-state index in [-0.39, 0.29) is 17.3 Å². The molecule has 0 fully saturated rings. The number of carbonyl (C=O) groups excluding carboxylic acids is 1. The third kappa shape index (κ3) is 4.23. The molecule has 3 aromatic rings. The van der Waals surface area contributed by atoms with Gasteiger partial charge in [0.1, 0.15) is 22.9 Å². The van der Waals surface area contributed by atoms with Crippen molar-refractivity contribution in [2.75, 3.05) is 12.4 Å². The smallest absolute Gasteiger partial charge is 0.261 e. The zero-order valence-electron chi connectivity index (χ0n) is 15.5. The van der Waals surface area contributed by atoms with E-state index in [9.17, 15) is 9.18 Å². The first kappa shape index (κ1) is 19.6. The summed E-state index contributed by atoms with van der Waals surface area (Å²) in [6.45, 7) is 3.44. The Morgan fingerprint density at radius 3 is 2.50 bits per heavy atom. The van der Waals surface area contributed by atoms with E-state index in [1.807, 2.05) is 0 Å². The van der Waals surface area contributed by atoms with Crippen LogP contribution >= 0.6 is 11.6 Å². The standard InChI is InChI=1S/C21H18ClFN2O3/c1-12-18(20(26)25-15-5-4-6-17(11-15)27-3)21(24-13(2)19(12)22)28-16-9-7-14(23)8-10-16/h4-11H,1-3H3,(H,25,26). The Bertz CT molecular complexity index is 1020. The number of hydrogen-bond acceptors (Lipinski definition) is 4. The van der Waals surface area contributed by atoms with Gasteiger partial charge in [-0.3, -0.25) is 4.79 Å². The maximum absolute atomic E-state index is 13.2. The van der Waals surface area contributed by atoms with Crippen LogP contribution in [0.1, 0.15) is 21.6 Å². The van der Waals surface area contributed by atoms with E-state index < -0.39 is 5.91 Å². The van der Waals surface area contributed by atoms with Crippen molar-refractivity contribution >= 4 is 23.2 Å². The average molecular weight is 401 g/mol. The Hall–Kier alpha value is -3.12. The molecule has 0 spiro atoms. The van der Waals surface area contributed by atoms with Gasteiger partial charge in [-0.15, -0.1) is 0 Å². The normalized spacial score (nSPS) is 10.5. The van der Waals surface area contributed by atoms with E-state index in [1.165, 1.54) is 24.3 Å². The predicted octanol–water partition coefficient (Wildman–Crippen LogP) is 5.54. The summed E-state index contributed by atoms with van der Waals surface area (Å²) in [6.07, 6.45) is 0. The van der Waals surface area contributed by atoms with Crippen LogP contribution in [0.3, 0.4) is 0 Å². The quantitative estimate of drug-likeness (QED) is 0.610. The van der Waals surface area contributed by atoms with Gasteiger partial charge >= 0.3 is 0 Å². The molecule has 3 rings (SSSR count). The number of benzene rings is 2. The summed E-state index contributed by atoms with van der Waals surface area (Å²) in [6, 6.07) is 12.4. The maximum atomic E-state index is 13.2. The molecule has 0 bridgehead atoms. The number of methoxy groups -OCH3 is 1. The highest BCUT2D eigenvalue weighted by Crippen LogP contribution is 2.32. The van der Waals surface area contributed by atoms with Crippen LogP contribution in [-0.4, -0.2) is 18.0 Å². The monoisotopic (exact) mass is 400 g/mol. The number of halogens is 2. The Kier molecular flexibility index (Phi) is 5.80. The zero-order valence-corrected chi connectivity index (χ0v) is 16.3. The molecule has 0 aliphatic carbocycles. The van der Waals surface area contributed by atoms with Gasteiger partial charge in [-0.2, -0.15) is 0 Å². The van der Waals surface area contributed by atoms with Crippen LogP contribution < -0.4 is 14.8 Å². The molecule has 1 N–H and O–H groups in total. The second kappa shape index (κ2) is 8.27. The van der Waals surface area contributed by atoms with Crippen molar-refractivity contribution in [3.8, 4) is 17.4 Å². The summed E-state index contributed by atoms with van der Waals surface area (Å²) in [5.74, 6) is 0.228. The Morgan fingerprint density at radius 2 is 1.82 bits per heavy atom. The first-order valence-corrected chi connectivity index (χ1v) is 8.82. The third-order valence-electron chi connectivity index (χ3n) is 4.09. The summed E-state index contributed by atoms with van der Waals surface area (Å²) in [5, 5.41) is 3.18. The number of ether oxygens (including phenoxy) is 2. The lowest BCUT2D eigenvalue weighted by Crippen LogP contribution is -2.16. The predicted molar refractivity (Wildman–Crippen MR) is 106 cm³/mol. The fourth-order valence-electron chi connectivity index (χ4n) is 2.65. The summed E-state index contributed by atoms with van der Waals surface area (Å²) >= 11 is 6.31. The molecule has 5 nitrogen and oxygen atoms in total. The highest BCUT2D eigenvalue weighted by Gasteiger charge is 2.22. The van der Waals surface area contributed by atoms with Gasteiger partial charge in [0.05, 0.1) is 17.8 Å². The molecular weight excluding hydrogens is 383 g/mol. The molecular formula is C21H18ClFN2O3. The molecule has 0 radical (unpaired) electrons. The number of anilines is 1. The molecule has 0 saturated carbocycles. The van der Waals surface area contributed by atoms with Crippen molar-refractivity contribution in [2.24, 2.45) is 0 Å². The fourth-order valence-corrected chi connectivity index (χ4v) is 2.79. The first-order valence-electron chi connectivity index (χ1n) is 8.44.